The van der Waals surface area contributed by atoms with E-state index < -0.39 is 4.92 Å². The van der Waals surface area contributed by atoms with Crippen molar-refractivity contribution in [2.24, 2.45) is 7.05 Å². The first-order chi connectivity index (χ1) is 9.52. The summed E-state index contributed by atoms with van der Waals surface area (Å²) in [6.07, 6.45) is 1.38. The minimum atomic E-state index is -0.391. The number of nitrogens with two attached hydrogens (primary N) is 1. The summed E-state index contributed by atoms with van der Waals surface area (Å²) in [5, 5.41) is 18.5. The van der Waals surface area contributed by atoms with Crippen molar-refractivity contribution in [3.63, 3.8) is 0 Å². The standard InChI is InChI=1S/C13H17N5O2/c1-3-4-11-12(18(19)20)13(17(2)16-11)15-10-7-5-9(14)6-8-10/h5-8,15H,3-4,14H2,1-2H3. The summed E-state index contributed by atoms with van der Waals surface area (Å²) in [6.45, 7) is 1.96. The number of anilines is 3. The Kier molecular flexibility index (Phi) is 3.88. The molecule has 7 heteroatoms. The molecule has 0 aliphatic rings. The Morgan fingerprint density at radius 3 is 2.60 bits per heavy atom. The van der Waals surface area contributed by atoms with Gasteiger partial charge in [-0.1, -0.05) is 13.3 Å². The molecule has 1 heterocycles. The van der Waals surface area contributed by atoms with Gasteiger partial charge in [0.2, 0.25) is 5.82 Å². The number of hydrogen-bond acceptors (Lipinski definition) is 5. The molecule has 0 aliphatic carbocycles. The van der Waals surface area contributed by atoms with E-state index in [1.54, 1.807) is 31.3 Å². The summed E-state index contributed by atoms with van der Waals surface area (Å²) < 4.78 is 1.50. The minimum absolute atomic E-state index is 0.0335. The van der Waals surface area contributed by atoms with Crippen LogP contribution in [0, 0.1) is 10.1 Å². The van der Waals surface area contributed by atoms with E-state index in [2.05, 4.69) is 10.4 Å². The molecule has 0 radical (unpaired) electrons. The second kappa shape index (κ2) is 5.60. The molecule has 0 spiro atoms. The topological polar surface area (TPSA) is 99.0 Å². The van der Waals surface area contributed by atoms with Gasteiger partial charge in [-0.25, -0.2) is 4.68 Å². The van der Waals surface area contributed by atoms with E-state index in [0.717, 1.165) is 12.1 Å². The van der Waals surface area contributed by atoms with Crippen LogP contribution in [0.1, 0.15) is 19.0 Å². The molecule has 2 aromatic rings. The lowest BCUT2D eigenvalue weighted by atomic mass is 10.2. The maximum absolute atomic E-state index is 11.3. The molecule has 0 atom stereocenters. The molecule has 0 unspecified atom stereocenters. The fourth-order valence-corrected chi connectivity index (χ4v) is 2.01. The van der Waals surface area contributed by atoms with Crippen LogP contribution in [-0.4, -0.2) is 14.7 Å². The lowest BCUT2D eigenvalue weighted by molar-refractivity contribution is -0.384. The van der Waals surface area contributed by atoms with Gasteiger partial charge >= 0.3 is 5.69 Å². The van der Waals surface area contributed by atoms with Crippen LogP contribution in [0.4, 0.5) is 22.9 Å². The third-order valence-electron chi connectivity index (χ3n) is 2.93. The Hall–Kier alpha value is -2.57. The van der Waals surface area contributed by atoms with E-state index >= 15 is 0 Å². The molecular weight excluding hydrogens is 258 g/mol. The highest BCUT2D eigenvalue weighted by Gasteiger charge is 2.26. The highest BCUT2D eigenvalue weighted by Crippen LogP contribution is 2.31. The van der Waals surface area contributed by atoms with E-state index in [9.17, 15) is 10.1 Å². The molecule has 7 nitrogen and oxygen atoms in total. The van der Waals surface area contributed by atoms with E-state index in [1.165, 1.54) is 4.68 Å². The van der Waals surface area contributed by atoms with E-state index in [1.807, 2.05) is 6.92 Å². The zero-order chi connectivity index (χ0) is 14.7. The SMILES string of the molecule is CCCc1nn(C)c(Nc2ccc(N)cc2)c1[N+](=O)[O-]. The number of benzene rings is 1. The largest absolute Gasteiger partial charge is 0.399 e. The third-order valence-corrected chi connectivity index (χ3v) is 2.93. The van der Waals surface area contributed by atoms with Crippen LogP contribution in [0.2, 0.25) is 0 Å². The first-order valence-electron chi connectivity index (χ1n) is 6.35. The predicted molar refractivity (Wildman–Crippen MR) is 78.0 cm³/mol. The number of nitrogens with one attached hydrogen (secondary N) is 1. The average molecular weight is 275 g/mol. The van der Waals surface area contributed by atoms with Crippen molar-refractivity contribution >= 4 is 22.9 Å². The van der Waals surface area contributed by atoms with Crippen LogP contribution in [-0.2, 0) is 13.5 Å². The van der Waals surface area contributed by atoms with Gasteiger partial charge in [-0.15, -0.1) is 0 Å². The molecule has 0 saturated carbocycles. The molecule has 3 N–H and O–H groups in total. The second-order valence-electron chi connectivity index (χ2n) is 4.52. The summed E-state index contributed by atoms with van der Waals surface area (Å²) in [5.41, 5.74) is 7.52. The Morgan fingerprint density at radius 2 is 2.05 bits per heavy atom. The normalized spacial score (nSPS) is 10.5. The monoisotopic (exact) mass is 275 g/mol. The molecule has 0 bridgehead atoms. The fourth-order valence-electron chi connectivity index (χ4n) is 2.01. The van der Waals surface area contributed by atoms with E-state index in [4.69, 9.17) is 5.73 Å². The lowest BCUT2D eigenvalue weighted by Crippen LogP contribution is -2.01. The number of nitrogen functional groups attached to an aromatic ring is 1. The quantitative estimate of drug-likeness (QED) is 0.496. The Bertz CT molecular complexity index is 618. The van der Waals surface area contributed by atoms with Gasteiger partial charge in [-0.2, -0.15) is 5.10 Å². The van der Waals surface area contributed by atoms with Gasteiger partial charge in [-0.3, -0.25) is 10.1 Å². The van der Waals surface area contributed by atoms with Crippen molar-refractivity contribution < 1.29 is 4.92 Å². The van der Waals surface area contributed by atoms with Crippen LogP contribution in [0.3, 0.4) is 0 Å². The lowest BCUT2D eigenvalue weighted by Gasteiger charge is -2.06. The summed E-state index contributed by atoms with van der Waals surface area (Å²) in [4.78, 5) is 10.9. The molecule has 106 valence electrons. The zero-order valence-electron chi connectivity index (χ0n) is 11.5. The molecule has 1 aromatic heterocycles. The highest BCUT2D eigenvalue weighted by molar-refractivity contribution is 5.68. The van der Waals surface area contributed by atoms with Crippen molar-refractivity contribution in [1.29, 1.82) is 0 Å². The summed E-state index contributed by atoms with van der Waals surface area (Å²) >= 11 is 0. The zero-order valence-corrected chi connectivity index (χ0v) is 11.5. The molecule has 0 fully saturated rings. The first kappa shape index (κ1) is 13.9. The number of nitrogens with zero attached hydrogens (tertiary/aromatic N) is 3. The van der Waals surface area contributed by atoms with Crippen LogP contribution < -0.4 is 11.1 Å². The van der Waals surface area contributed by atoms with Gasteiger partial charge in [0.1, 0.15) is 5.69 Å². The molecule has 0 saturated heterocycles. The van der Waals surface area contributed by atoms with Crippen molar-refractivity contribution in [2.45, 2.75) is 19.8 Å². The van der Waals surface area contributed by atoms with Gasteiger partial charge in [0.05, 0.1) is 4.92 Å². The van der Waals surface area contributed by atoms with E-state index in [-0.39, 0.29) is 5.69 Å². The van der Waals surface area contributed by atoms with Gasteiger partial charge < -0.3 is 11.1 Å². The van der Waals surface area contributed by atoms with Crippen molar-refractivity contribution in [3.8, 4) is 0 Å². The van der Waals surface area contributed by atoms with Gasteiger partial charge in [-0.05, 0) is 30.7 Å². The Morgan fingerprint density at radius 1 is 1.40 bits per heavy atom. The number of aromatic nitrogens is 2. The number of nitro groups is 1. The first-order valence-corrected chi connectivity index (χ1v) is 6.35. The molecule has 20 heavy (non-hydrogen) atoms. The third kappa shape index (κ3) is 2.71. The van der Waals surface area contributed by atoms with Gasteiger partial charge in [0.15, 0.2) is 0 Å². The maximum atomic E-state index is 11.3. The number of aryl methyl sites for hydroxylation is 2. The van der Waals surface area contributed by atoms with Crippen LogP contribution >= 0.6 is 0 Å². The number of rotatable bonds is 5. The molecule has 2 rings (SSSR count). The molecule has 0 aliphatic heterocycles. The summed E-state index contributed by atoms with van der Waals surface area (Å²) in [7, 11) is 1.69. The molecule has 0 amide bonds. The summed E-state index contributed by atoms with van der Waals surface area (Å²) in [5.74, 6) is 0.378. The van der Waals surface area contributed by atoms with Crippen LogP contribution in [0.5, 0.6) is 0 Å². The molecule has 1 aromatic carbocycles. The van der Waals surface area contributed by atoms with Crippen molar-refractivity contribution in [2.75, 3.05) is 11.1 Å². The average Bonchev–Trinajstić information content (AvgIpc) is 2.69. The van der Waals surface area contributed by atoms with Crippen molar-refractivity contribution in [1.82, 2.24) is 9.78 Å². The fraction of sp³-hybridized carbons (Fsp3) is 0.308. The van der Waals surface area contributed by atoms with Gasteiger partial charge in [0.25, 0.3) is 0 Å². The predicted octanol–water partition coefficient (Wildman–Crippen LogP) is 2.61. The second-order valence-corrected chi connectivity index (χ2v) is 4.52. The molecular formula is C13H17N5O2. The number of hydrogen-bond donors (Lipinski definition) is 2. The maximum Gasteiger partial charge on any atom is 0.334 e. The van der Waals surface area contributed by atoms with Crippen LogP contribution in [0.15, 0.2) is 24.3 Å². The van der Waals surface area contributed by atoms with E-state index in [0.29, 0.717) is 23.6 Å². The highest BCUT2D eigenvalue weighted by atomic mass is 16.6. The summed E-state index contributed by atoms with van der Waals surface area (Å²) in [6, 6.07) is 7.01. The van der Waals surface area contributed by atoms with Gasteiger partial charge in [0, 0.05) is 18.4 Å². The smallest absolute Gasteiger partial charge is 0.334 e. The Balaban J connectivity index is 2.39. The minimum Gasteiger partial charge on any atom is -0.399 e. The van der Waals surface area contributed by atoms with Crippen molar-refractivity contribution in [3.05, 3.63) is 40.1 Å². The Labute approximate surface area is 116 Å². The van der Waals surface area contributed by atoms with Crippen LogP contribution in [0.25, 0.3) is 0 Å².